The van der Waals surface area contributed by atoms with Crippen LogP contribution in [-0.2, 0) is 22.3 Å². The van der Waals surface area contributed by atoms with Gasteiger partial charge in [-0.15, -0.1) is 0 Å². The predicted octanol–water partition coefficient (Wildman–Crippen LogP) is 5.38. The summed E-state index contributed by atoms with van der Waals surface area (Å²) in [5, 5.41) is 5.64. The van der Waals surface area contributed by atoms with Crippen LogP contribution in [0.3, 0.4) is 0 Å². The first-order chi connectivity index (χ1) is 11.9. The van der Waals surface area contributed by atoms with Crippen molar-refractivity contribution in [3.8, 4) is 0 Å². The Morgan fingerprint density at radius 3 is 2.17 bits per heavy atom. The summed E-state index contributed by atoms with van der Waals surface area (Å²) >= 11 is 0. The summed E-state index contributed by atoms with van der Waals surface area (Å²) in [7, 11) is 0. The lowest BCUT2D eigenvalue weighted by molar-refractivity contribution is 0.108. The van der Waals surface area contributed by atoms with Gasteiger partial charge in [-0.3, -0.25) is 0 Å². The van der Waals surface area contributed by atoms with Crippen LogP contribution in [0.15, 0.2) is 61.1 Å². The summed E-state index contributed by atoms with van der Waals surface area (Å²) in [4.78, 5) is 0. The molecule has 1 aliphatic heterocycles. The zero-order valence-electron chi connectivity index (χ0n) is 13.8. The maximum absolute atomic E-state index is 4.76. The molecule has 0 saturated heterocycles. The highest BCUT2D eigenvalue weighted by molar-refractivity contribution is 6.08. The summed E-state index contributed by atoms with van der Waals surface area (Å²) in [5.41, 5.74) is 3.17. The van der Waals surface area contributed by atoms with Gasteiger partial charge in [0.2, 0.25) is 0 Å². The molecule has 1 heterocycles. The molecule has 0 radical (unpaired) electrons. The minimum Gasteiger partial charge on any atom is -0.494 e. The van der Waals surface area contributed by atoms with E-state index in [4.69, 9.17) is 9.47 Å². The van der Waals surface area contributed by atoms with Crippen molar-refractivity contribution in [1.29, 1.82) is 0 Å². The lowest BCUT2D eigenvalue weighted by Gasteiger charge is -2.18. The van der Waals surface area contributed by atoms with Crippen LogP contribution in [0.2, 0.25) is 0 Å². The van der Waals surface area contributed by atoms with Gasteiger partial charge in [0.25, 0.3) is 0 Å². The van der Waals surface area contributed by atoms with Gasteiger partial charge in [0, 0.05) is 0 Å². The first kappa shape index (κ1) is 15.1. The topological polar surface area (TPSA) is 18.5 Å². The summed E-state index contributed by atoms with van der Waals surface area (Å²) in [6.45, 7) is 1.38. The van der Waals surface area contributed by atoms with Crippen LogP contribution in [0.1, 0.15) is 24.0 Å². The van der Waals surface area contributed by atoms with Crippen molar-refractivity contribution in [1.82, 2.24) is 0 Å². The van der Waals surface area contributed by atoms with E-state index in [-0.39, 0.29) is 0 Å². The molecule has 0 bridgehead atoms. The van der Waals surface area contributed by atoms with Crippen LogP contribution in [0, 0.1) is 0 Å². The SMILES string of the molecule is C1=COCCO1.c1ccc2c(c1)ccc1c3c(ccc12)CCCC3. The zero-order chi connectivity index (χ0) is 16.2. The molecule has 0 unspecified atom stereocenters. The van der Waals surface area contributed by atoms with Crippen molar-refractivity contribution < 1.29 is 9.47 Å². The second-order valence-corrected chi connectivity index (χ2v) is 6.31. The van der Waals surface area contributed by atoms with Crippen LogP contribution in [0.25, 0.3) is 21.5 Å². The second-order valence-electron chi connectivity index (χ2n) is 6.31. The van der Waals surface area contributed by atoms with E-state index < -0.39 is 0 Å². The third-order valence-corrected chi connectivity index (χ3v) is 4.82. The van der Waals surface area contributed by atoms with Gasteiger partial charge in [-0.05, 0) is 58.4 Å². The fourth-order valence-electron chi connectivity index (χ4n) is 3.65. The molecule has 2 heteroatoms. The van der Waals surface area contributed by atoms with Crippen molar-refractivity contribution >= 4 is 21.5 Å². The van der Waals surface area contributed by atoms with Crippen molar-refractivity contribution in [2.45, 2.75) is 25.7 Å². The number of rotatable bonds is 0. The number of aryl methyl sites for hydroxylation is 2. The smallest absolute Gasteiger partial charge is 0.121 e. The van der Waals surface area contributed by atoms with Crippen LogP contribution in [-0.4, -0.2) is 13.2 Å². The van der Waals surface area contributed by atoms with Gasteiger partial charge in [0.05, 0.1) is 0 Å². The third-order valence-electron chi connectivity index (χ3n) is 4.82. The molecule has 24 heavy (non-hydrogen) atoms. The Morgan fingerprint density at radius 2 is 1.38 bits per heavy atom. The molecule has 0 aromatic heterocycles. The second kappa shape index (κ2) is 6.96. The third kappa shape index (κ3) is 2.96. The minimum atomic E-state index is 0.691. The van der Waals surface area contributed by atoms with E-state index in [0.29, 0.717) is 13.2 Å². The van der Waals surface area contributed by atoms with Crippen molar-refractivity contribution in [3.05, 3.63) is 72.2 Å². The zero-order valence-corrected chi connectivity index (χ0v) is 13.8. The number of benzene rings is 3. The van der Waals surface area contributed by atoms with Gasteiger partial charge in [0.15, 0.2) is 0 Å². The molecule has 2 aliphatic rings. The van der Waals surface area contributed by atoms with Crippen molar-refractivity contribution in [3.63, 3.8) is 0 Å². The van der Waals surface area contributed by atoms with E-state index >= 15 is 0 Å². The van der Waals surface area contributed by atoms with Crippen LogP contribution >= 0.6 is 0 Å². The van der Waals surface area contributed by atoms with Crippen LogP contribution in [0.5, 0.6) is 0 Å². The quantitative estimate of drug-likeness (QED) is 0.518. The van der Waals surface area contributed by atoms with Crippen molar-refractivity contribution in [2.24, 2.45) is 0 Å². The summed E-state index contributed by atoms with van der Waals surface area (Å²) in [6.07, 6.45) is 8.31. The average Bonchev–Trinajstić information content (AvgIpc) is 2.69. The maximum Gasteiger partial charge on any atom is 0.121 e. The van der Waals surface area contributed by atoms with Gasteiger partial charge >= 0.3 is 0 Å². The number of fused-ring (bicyclic) bond motifs is 5. The standard InChI is InChI=1S/C18H16.C4H6O2/c1-3-7-15-13(5-1)9-11-18-16-8-4-2-6-14(16)10-12-17(15)18;1-2-6-4-3-5-1/h1,3,5,7,9-12H,2,4,6,8H2;1-2H,3-4H2. The molecular weight excluding hydrogens is 296 g/mol. The van der Waals surface area contributed by atoms with Gasteiger partial charge in [-0.25, -0.2) is 0 Å². The largest absolute Gasteiger partial charge is 0.494 e. The minimum absolute atomic E-state index is 0.691. The van der Waals surface area contributed by atoms with Crippen molar-refractivity contribution in [2.75, 3.05) is 13.2 Å². The van der Waals surface area contributed by atoms with E-state index in [1.165, 1.54) is 47.2 Å². The molecular formula is C22H22O2. The maximum atomic E-state index is 4.76. The van der Waals surface area contributed by atoms with E-state index in [2.05, 4.69) is 48.5 Å². The Hall–Kier alpha value is -2.48. The molecule has 0 amide bonds. The Labute approximate surface area is 142 Å². The molecule has 0 N–H and O–H groups in total. The Balaban J connectivity index is 0.000000207. The molecule has 0 spiro atoms. The lowest BCUT2D eigenvalue weighted by Crippen LogP contribution is -2.02. The number of hydrogen-bond acceptors (Lipinski definition) is 2. The molecule has 0 saturated carbocycles. The molecule has 2 nitrogen and oxygen atoms in total. The van der Waals surface area contributed by atoms with Gasteiger partial charge in [-0.2, -0.15) is 0 Å². The highest BCUT2D eigenvalue weighted by Gasteiger charge is 2.13. The average molecular weight is 318 g/mol. The Kier molecular flexibility index (Phi) is 4.37. The Morgan fingerprint density at radius 1 is 0.625 bits per heavy atom. The van der Waals surface area contributed by atoms with Gasteiger partial charge in [0.1, 0.15) is 25.7 Å². The molecule has 1 aliphatic carbocycles. The Bertz CT molecular complexity index is 872. The summed E-state index contributed by atoms with van der Waals surface area (Å²) in [5.74, 6) is 0. The van der Waals surface area contributed by atoms with E-state index in [1.807, 2.05) is 0 Å². The highest BCUT2D eigenvalue weighted by atomic mass is 16.5. The number of hydrogen-bond donors (Lipinski definition) is 0. The fraction of sp³-hybridized carbons (Fsp3) is 0.273. The monoisotopic (exact) mass is 318 g/mol. The van der Waals surface area contributed by atoms with Crippen LogP contribution < -0.4 is 0 Å². The van der Waals surface area contributed by atoms with Gasteiger partial charge < -0.3 is 9.47 Å². The highest BCUT2D eigenvalue weighted by Crippen LogP contribution is 2.33. The molecule has 3 aromatic rings. The van der Waals surface area contributed by atoms with Crippen LogP contribution in [0.4, 0.5) is 0 Å². The predicted molar refractivity (Wildman–Crippen MR) is 99.1 cm³/mol. The molecule has 5 rings (SSSR count). The first-order valence-electron chi connectivity index (χ1n) is 8.74. The van der Waals surface area contributed by atoms with E-state index in [9.17, 15) is 0 Å². The van der Waals surface area contributed by atoms with E-state index in [0.717, 1.165) is 0 Å². The molecule has 0 fully saturated rings. The number of ether oxygens (including phenoxy) is 2. The lowest BCUT2D eigenvalue weighted by atomic mass is 9.86. The summed E-state index contributed by atoms with van der Waals surface area (Å²) in [6, 6.07) is 18.0. The first-order valence-corrected chi connectivity index (χ1v) is 8.74. The normalized spacial score (nSPS) is 15.8. The fourth-order valence-corrected chi connectivity index (χ4v) is 3.65. The summed E-state index contributed by atoms with van der Waals surface area (Å²) < 4.78 is 9.53. The van der Waals surface area contributed by atoms with Gasteiger partial charge in [-0.1, -0.05) is 48.5 Å². The molecule has 122 valence electrons. The van der Waals surface area contributed by atoms with E-state index in [1.54, 1.807) is 23.7 Å². The molecule has 0 atom stereocenters. The molecule has 3 aromatic carbocycles.